The zero-order valence-electron chi connectivity index (χ0n) is 38.2. The van der Waals surface area contributed by atoms with Crippen LogP contribution in [0.15, 0.2) is 122 Å². The molecule has 0 aromatic carbocycles. The second kappa shape index (κ2) is 47.5. The number of hydrogen-bond acceptors (Lipinski definition) is 6. The molecule has 0 amide bonds. The predicted molar refractivity (Wildman–Crippen MR) is 256 cm³/mol. The summed E-state index contributed by atoms with van der Waals surface area (Å²) in [5.74, 6) is -1.08. The van der Waals surface area contributed by atoms with Crippen molar-refractivity contribution in [2.24, 2.45) is 0 Å². The van der Waals surface area contributed by atoms with Crippen LogP contribution in [0.1, 0.15) is 181 Å². The van der Waals surface area contributed by atoms with Crippen molar-refractivity contribution in [3.05, 3.63) is 122 Å². The lowest BCUT2D eigenvalue weighted by molar-refractivity contribution is -0.166. The molecular weight excluding hydrogens is 745 g/mol. The van der Waals surface area contributed by atoms with E-state index in [-0.39, 0.29) is 44.0 Å². The molecule has 0 aliphatic rings. The number of carbonyl (C=O) groups is 3. The van der Waals surface area contributed by atoms with Crippen molar-refractivity contribution in [3.63, 3.8) is 0 Å². The van der Waals surface area contributed by atoms with Gasteiger partial charge < -0.3 is 14.2 Å². The lowest BCUT2D eigenvalue weighted by atomic mass is 10.1. The molecule has 1 unspecified atom stereocenters. The van der Waals surface area contributed by atoms with Gasteiger partial charge in [0.1, 0.15) is 13.2 Å². The van der Waals surface area contributed by atoms with Crippen molar-refractivity contribution in [1.82, 2.24) is 0 Å². The van der Waals surface area contributed by atoms with Gasteiger partial charge in [-0.15, -0.1) is 0 Å². The topological polar surface area (TPSA) is 78.9 Å². The van der Waals surface area contributed by atoms with Crippen molar-refractivity contribution in [1.29, 1.82) is 0 Å². The second-order valence-corrected chi connectivity index (χ2v) is 15.0. The first-order valence-corrected chi connectivity index (χ1v) is 23.6. The van der Waals surface area contributed by atoms with Crippen LogP contribution in [0.2, 0.25) is 0 Å². The summed E-state index contributed by atoms with van der Waals surface area (Å²) in [6.45, 7) is 6.22. The number of ether oxygens (including phenoxy) is 3. The maximum atomic E-state index is 12.7. The molecule has 0 radical (unpaired) electrons. The number of allylic oxidation sites excluding steroid dienone is 20. The largest absolute Gasteiger partial charge is 0.462 e. The zero-order chi connectivity index (χ0) is 43.7. The van der Waals surface area contributed by atoms with E-state index in [9.17, 15) is 14.4 Å². The van der Waals surface area contributed by atoms with Gasteiger partial charge in [0, 0.05) is 19.3 Å². The Bertz CT molecular complexity index is 1320. The third-order valence-corrected chi connectivity index (χ3v) is 9.29. The number of unbranched alkanes of at least 4 members (excludes halogenated alkanes) is 12. The van der Waals surface area contributed by atoms with E-state index in [1.165, 1.54) is 38.5 Å². The van der Waals surface area contributed by atoms with Gasteiger partial charge in [0.15, 0.2) is 6.10 Å². The summed E-state index contributed by atoms with van der Waals surface area (Å²) in [5.41, 5.74) is 0. The number of esters is 3. The summed E-state index contributed by atoms with van der Waals surface area (Å²) in [7, 11) is 0. The summed E-state index contributed by atoms with van der Waals surface area (Å²) in [6.07, 6.45) is 64.8. The van der Waals surface area contributed by atoms with E-state index < -0.39 is 6.10 Å². The molecule has 6 nitrogen and oxygen atoms in total. The van der Waals surface area contributed by atoms with E-state index >= 15 is 0 Å². The first-order chi connectivity index (χ1) is 29.5. The van der Waals surface area contributed by atoms with Gasteiger partial charge in [0.25, 0.3) is 0 Å². The van der Waals surface area contributed by atoms with Crippen LogP contribution in [-0.4, -0.2) is 37.2 Å². The first kappa shape index (κ1) is 55.8. The SMILES string of the molecule is CC/C=C/C=C/C=C/C=C/CCCCCC(=O)OC(COC(=O)CC/C=C/C/C=C/CCCCCCCC)COC(=O)CCCCC/C=C/C/C=C/C/C=C/C/C=C/CC. The lowest BCUT2D eigenvalue weighted by Crippen LogP contribution is -2.30. The Morgan fingerprint density at radius 1 is 0.367 bits per heavy atom. The van der Waals surface area contributed by atoms with Crippen LogP contribution in [0, 0.1) is 0 Å². The predicted octanol–water partition coefficient (Wildman–Crippen LogP) is 15.4. The monoisotopic (exact) mass is 829 g/mol. The van der Waals surface area contributed by atoms with Gasteiger partial charge in [0.05, 0.1) is 0 Å². The Hall–Kier alpha value is -4.19. The number of rotatable bonds is 40. The van der Waals surface area contributed by atoms with Crippen LogP contribution in [0.3, 0.4) is 0 Å². The van der Waals surface area contributed by atoms with Crippen LogP contribution in [0.5, 0.6) is 0 Å². The van der Waals surface area contributed by atoms with E-state index in [1.54, 1.807) is 0 Å². The summed E-state index contributed by atoms with van der Waals surface area (Å²) >= 11 is 0. The quantitative estimate of drug-likeness (QED) is 0.0201. The van der Waals surface area contributed by atoms with Crippen LogP contribution in [-0.2, 0) is 28.6 Å². The fourth-order valence-electron chi connectivity index (χ4n) is 5.79. The van der Waals surface area contributed by atoms with E-state index in [0.29, 0.717) is 19.3 Å². The summed E-state index contributed by atoms with van der Waals surface area (Å²) in [6, 6.07) is 0. The normalized spacial score (nSPS) is 13.2. The van der Waals surface area contributed by atoms with E-state index in [4.69, 9.17) is 14.2 Å². The third-order valence-electron chi connectivity index (χ3n) is 9.29. The molecular formula is C54H84O6. The maximum absolute atomic E-state index is 12.7. The summed E-state index contributed by atoms with van der Waals surface area (Å²) < 4.78 is 16.6. The van der Waals surface area contributed by atoms with Crippen LogP contribution >= 0.6 is 0 Å². The zero-order valence-corrected chi connectivity index (χ0v) is 38.2. The van der Waals surface area contributed by atoms with Crippen molar-refractivity contribution in [2.75, 3.05) is 13.2 Å². The molecule has 0 saturated carbocycles. The van der Waals surface area contributed by atoms with Crippen LogP contribution < -0.4 is 0 Å². The Kier molecular flexibility index (Phi) is 44.2. The first-order valence-electron chi connectivity index (χ1n) is 23.6. The minimum Gasteiger partial charge on any atom is -0.462 e. The molecule has 6 heteroatoms. The fourth-order valence-corrected chi connectivity index (χ4v) is 5.79. The molecule has 60 heavy (non-hydrogen) atoms. The molecule has 0 heterocycles. The minimum absolute atomic E-state index is 0.132. The standard InChI is InChI=1S/C54H84O6/c1-4-7-10-13-16-19-22-25-26-27-30-32-35-38-41-44-47-53(56)59-50-51(60-54(57)48-45-42-39-36-33-29-24-21-18-15-12-9-6-3)49-58-52(55)46-43-40-37-34-31-28-23-20-17-14-11-8-5-2/h7,9-10,12,15-16,18-19,21,24-26,28-33,37,40,51H,4-6,8,11,13-14,17,20,22-23,27,34-36,38-39,41-50H2,1-3H3/b10-7+,12-9+,18-15+,19-16+,24-21+,26-25+,31-28+,32-30+,33-29+,40-37+. The molecule has 0 aromatic heterocycles. The average Bonchev–Trinajstić information content (AvgIpc) is 3.24. The van der Waals surface area contributed by atoms with Gasteiger partial charge in [-0.1, -0.05) is 187 Å². The van der Waals surface area contributed by atoms with Gasteiger partial charge in [-0.05, 0) is 96.3 Å². The molecule has 336 valence electrons. The van der Waals surface area contributed by atoms with Crippen molar-refractivity contribution >= 4 is 17.9 Å². The Labute approximate surface area is 367 Å². The molecule has 0 rings (SSSR count). The Morgan fingerprint density at radius 3 is 1.32 bits per heavy atom. The number of carbonyl (C=O) groups excluding carboxylic acids is 3. The van der Waals surface area contributed by atoms with Crippen molar-refractivity contribution in [3.8, 4) is 0 Å². The molecule has 0 spiro atoms. The molecule has 0 aromatic rings. The van der Waals surface area contributed by atoms with Gasteiger partial charge in [0.2, 0.25) is 0 Å². The molecule has 1 atom stereocenters. The highest BCUT2D eigenvalue weighted by Crippen LogP contribution is 2.11. The van der Waals surface area contributed by atoms with Gasteiger partial charge in [-0.25, -0.2) is 0 Å². The molecule has 0 aliphatic carbocycles. The van der Waals surface area contributed by atoms with E-state index in [0.717, 1.165) is 89.9 Å². The van der Waals surface area contributed by atoms with E-state index in [2.05, 4.69) is 99.8 Å². The smallest absolute Gasteiger partial charge is 0.306 e. The maximum Gasteiger partial charge on any atom is 0.306 e. The minimum atomic E-state index is -0.836. The molecule has 0 aliphatic heterocycles. The van der Waals surface area contributed by atoms with Crippen molar-refractivity contribution < 1.29 is 28.6 Å². The molecule has 0 N–H and O–H groups in total. The lowest BCUT2D eigenvalue weighted by Gasteiger charge is -2.18. The highest BCUT2D eigenvalue weighted by atomic mass is 16.6. The number of hydrogen-bond donors (Lipinski definition) is 0. The van der Waals surface area contributed by atoms with Crippen LogP contribution in [0.25, 0.3) is 0 Å². The van der Waals surface area contributed by atoms with Gasteiger partial charge >= 0.3 is 17.9 Å². The van der Waals surface area contributed by atoms with Crippen molar-refractivity contribution in [2.45, 2.75) is 187 Å². The van der Waals surface area contributed by atoms with Gasteiger partial charge in [-0.2, -0.15) is 0 Å². The summed E-state index contributed by atoms with van der Waals surface area (Å²) in [5, 5.41) is 0. The Balaban J connectivity index is 4.60. The molecule has 0 fully saturated rings. The average molecular weight is 829 g/mol. The fraction of sp³-hybridized carbons (Fsp3) is 0.574. The molecule has 0 saturated heterocycles. The molecule has 0 bridgehead atoms. The van der Waals surface area contributed by atoms with E-state index in [1.807, 2.05) is 42.5 Å². The summed E-state index contributed by atoms with van der Waals surface area (Å²) in [4.78, 5) is 37.8. The highest BCUT2D eigenvalue weighted by Gasteiger charge is 2.19. The second-order valence-electron chi connectivity index (χ2n) is 15.0. The highest BCUT2D eigenvalue weighted by molar-refractivity contribution is 5.71. The van der Waals surface area contributed by atoms with Crippen LogP contribution in [0.4, 0.5) is 0 Å². The van der Waals surface area contributed by atoms with Gasteiger partial charge in [-0.3, -0.25) is 14.4 Å². The third kappa shape index (κ3) is 44.9. The Morgan fingerprint density at radius 2 is 0.767 bits per heavy atom.